The number of ether oxygens (including phenoxy) is 1. The van der Waals surface area contributed by atoms with Gasteiger partial charge in [-0.2, -0.15) is 13.2 Å². The number of cyclic esters (lactones) is 1. The number of halogens is 3. The molecule has 1 aliphatic rings. The number of rotatable bonds is 7. The normalized spacial score (nSPS) is 16.7. The Labute approximate surface area is 203 Å². The van der Waals surface area contributed by atoms with Crippen LogP contribution in [0.5, 0.6) is 0 Å². The van der Waals surface area contributed by atoms with E-state index in [1.807, 2.05) is 30.3 Å². The zero-order valence-electron chi connectivity index (χ0n) is 18.7. The van der Waals surface area contributed by atoms with Crippen LogP contribution < -0.4 is 16.4 Å². The minimum absolute atomic E-state index is 0.00216. The fraction of sp³-hybridized carbons (Fsp3) is 0.261. The van der Waals surface area contributed by atoms with Gasteiger partial charge in [0.15, 0.2) is 0 Å². The van der Waals surface area contributed by atoms with Gasteiger partial charge in [-0.15, -0.1) is 0 Å². The van der Waals surface area contributed by atoms with Crippen LogP contribution in [0, 0.1) is 5.41 Å². The molecule has 2 aromatic carbocycles. The largest absolute Gasteiger partial charge is 0.490 e. The summed E-state index contributed by atoms with van der Waals surface area (Å²) < 4.78 is 37.1. The van der Waals surface area contributed by atoms with Gasteiger partial charge in [0.05, 0.1) is 12.5 Å². The van der Waals surface area contributed by atoms with Crippen LogP contribution in [0.15, 0.2) is 54.6 Å². The summed E-state index contributed by atoms with van der Waals surface area (Å²) in [4.78, 5) is 44.9. The predicted octanol–water partition coefficient (Wildman–Crippen LogP) is 2.50. The fourth-order valence-corrected chi connectivity index (χ4v) is 3.09. The number of amides is 2. The van der Waals surface area contributed by atoms with Crippen molar-refractivity contribution in [3.05, 3.63) is 65.7 Å². The molecule has 0 aromatic heterocycles. The number of nitrogens with two attached hydrogens (primary N) is 1. The third kappa shape index (κ3) is 8.74. The monoisotopic (exact) mass is 508 g/mol. The molecule has 2 amide bonds. The van der Waals surface area contributed by atoms with Crippen molar-refractivity contribution in [2.24, 2.45) is 5.73 Å². The van der Waals surface area contributed by atoms with Crippen molar-refractivity contribution < 1.29 is 42.2 Å². The lowest BCUT2D eigenvalue weighted by Crippen LogP contribution is -2.37. The van der Waals surface area contributed by atoms with E-state index in [-0.39, 0.29) is 42.9 Å². The van der Waals surface area contributed by atoms with Crippen molar-refractivity contribution >= 4 is 35.3 Å². The van der Waals surface area contributed by atoms with E-state index >= 15 is 0 Å². The van der Waals surface area contributed by atoms with Gasteiger partial charge in [-0.25, -0.2) is 4.79 Å². The molecule has 6 N–H and O–H groups in total. The molecule has 1 fully saturated rings. The predicted molar refractivity (Wildman–Crippen MR) is 121 cm³/mol. The number of carbonyl (C=O) groups is 4. The molecular formula is C23H23F3N4O6. The molecule has 1 heterocycles. The summed E-state index contributed by atoms with van der Waals surface area (Å²) in [7, 11) is 0. The average molecular weight is 508 g/mol. The quantitative estimate of drug-likeness (QED) is 0.217. The lowest BCUT2D eigenvalue weighted by Gasteiger charge is -2.19. The number of benzene rings is 2. The summed E-state index contributed by atoms with van der Waals surface area (Å²) in [6.07, 6.45) is -5.53. The number of nitrogens with one attached hydrogen (secondary N) is 3. The molecule has 1 aliphatic heterocycles. The fourth-order valence-electron chi connectivity index (χ4n) is 3.09. The second-order valence-corrected chi connectivity index (χ2v) is 7.54. The number of carboxylic acid groups (broad SMARTS) is 1. The van der Waals surface area contributed by atoms with Crippen LogP contribution >= 0.6 is 0 Å². The first-order chi connectivity index (χ1) is 16.9. The summed E-state index contributed by atoms with van der Waals surface area (Å²) in [5.41, 5.74) is 7.32. The molecule has 0 spiro atoms. The van der Waals surface area contributed by atoms with Crippen molar-refractivity contribution in [3.8, 4) is 0 Å². The Hall–Kier alpha value is -4.42. The molecule has 1 saturated heterocycles. The highest BCUT2D eigenvalue weighted by Crippen LogP contribution is 2.30. The van der Waals surface area contributed by atoms with Gasteiger partial charge in [-0.3, -0.25) is 19.8 Å². The molecule has 2 aromatic rings. The first-order valence-electron chi connectivity index (χ1n) is 10.4. The molecule has 0 saturated carbocycles. The first-order valence-corrected chi connectivity index (χ1v) is 10.4. The van der Waals surface area contributed by atoms with Crippen molar-refractivity contribution in [2.45, 2.75) is 37.6 Å². The number of carbonyl (C=O) groups excluding carboxylic acids is 3. The Morgan fingerprint density at radius 2 is 1.58 bits per heavy atom. The standard InChI is InChI=1S/C21H22N4O4.C2HF3O2/c22-21(23)14-6-8-15(9-7-14)24-17(26)10-11-18(27)25-16-12-19(28)29-20(16)13-4-2-1-3-5-13;3-2(4,5)1(6)7/h1-9,16,20H,10-12H2,(H3,22,23)(H,24,26)(H,25,27);(H,6,7)/t16-,20+;/m0./s1. The second kappa shape index (κ2) is 12.3. The van der Waals surface area contributed by atoms with Gasteiger partial charge in [0.2, 0.25) is 11.8 Å². The molecule has 2 atom stereocenters. The van der Waals surface area contributed by atoms with Crippen molar-refractivity contribution in [1.82, 2.24) is 5.32 Å². The Morgan fingerprint density at radius 1 is 1.03 bits per heavy atom. The number of anilines is 1. The average Bonchev–Trinajstić information content (AvgIpc) is 3.18. The van der Waals surface area contributed by atoms with Crippen LogP contribution in [0.4, 0.5) is 18.9 Å². The molecule has 0 bridgehead atoms. The summed E-state index contributed by atoms with van der Waals surface area (Å²) in [6, 6.07) is 15.3. The van der Waals surface area contributed by atoms with Gasteiger partial charge in [-0.05, 0) is 29.8 Å². The van der Waals surface area contributed by atoms with Crippen LogP contribution in [0.1, 0.15) is 36.5 Å². The number of hydrogen-bond donors (Lipinski definition) is 5. The molecule has 0 unspecified atom stereocenters. The third-order valence-electron chi connectivity index (χ3n) is 4.79. The number of aliphatic carboxylic acids is 1. The van der Waals surface area contributed by atoms with Crippen molar-refractivity contribution in [2.75, 3.05) is 5.32 Å². The van der Waals surface area contributed by atoms with E-state index in [4.69, 9.17) is 25.8 Å². The highest BCUT2D eigenvalue weighted by Gasteiger charge is 2.38. The Balaban J connectivity index is 0.000000572. The van der Waals surface area contributed by atoms with Gasteiger partial charge < -0.3 is 26.2 Å². The topological polar surface area (TPSA) is 172 Å². The van der Waals surface area contributed by atoms with Crippen molar-refractivity contribution in [3.63, 3.8) is 0 Å². The van der Waals surface area contributed by atoms with Crippen LogP contribution in [0.2, 0.25) is 0 Å². The molecule has 10 nitrogen and oxygen atoms in total. The van der Waals surface area contributed by atoms with Crippen LogP contribution in [-0.2, 0) is 23.9 Å². The smallest absolute Gasteiger partial charge is 0.475 e. The maximum Gasteiger partial charge on any atom is 0.490 e. The van der Waals surface area contributed by atoms with E-state index in [0.29, 0.717) is 11.3 Å². The second-order valence-electron chi connectivity index (χ2n) is 7.54. The Morgan fingerprint density at radius 3 is 2.11 bits per heavy atom. The van der Waals surface area contributed by atoms with Gasteiger partial charge >= 0.3 is 18.1 Å². The Bertz CT molecular complexity index is 1110. The number of carboxylic acids is 1. The SMILES string of the molecule is N=C(N)c1ccc(NC(=O)CCC(=O)N[C@H]2CC(=O)O[C@@H]2c2ccccc2)cc1.O=C(O)C(F)(F)F. The molecule has 0 aliphatic carbocycles. The number of nitrogen functional groups attached to an aromatic ring is 1. The maximum atomic E-state index is 12.3. The minimum Gasteiger partial charge on any atom is -0.475 e. The van der Waals surface area contributed by atoms with Crippen LogP contribution in [0.25, 0.3) is 0 Å². The minimum atomic E-state index is -5.08. The zero-order valence-corrected chi connectivity index (χ0v) is 18.7. The number of hydrogen-bond acceptors (Lipinski definition) is 6. The summed E-state index contributed by atoms with van der Waals surface area (Å²) >= 11 is 0. The van der Waals surface area contributed by atoms with Gasteiger partial charge in [0.25, 0.3) is 0 Å². The lowest BCUT2D eigenvalue weighted by atomic mass is 10.0. The molecular weight excluding hydrogens is 485 g/mol. The molecule has 3 rings (SSSR count). The summed E-state index contributed by atoms with van der Waals surface area (Å²) in [5, 5.41) is 20.0. The van der Waals surface area contributed by atoms with Gasteiger partial charge in [0, 0.05) is 24.1 Å². The Kier molecular flexibility index (Phi) is 9.53. The number of amidine groups is 1. The summed E-state index contributed by atoms with van der Waals surface area (Å²) in [5.74, 6) is -3.81. The van der Waals surface area contributed by atoms with E-state index in [1.165, 1.54) is 0 Å². The molecule has 0 radical (unpaired) electrons. The molecule has 36 heavy (non-hydrogen) atoms. The highest BCUT2D eigenvalue weighted by molar-refractivity contribution is 5.96. The molecule has 13 heteroatoms. The first kappa shape index (κ1) is 27.8. The zero-order chi connectivity index (χ0) is 26.9. The highest BCUT2D eigenvalue weighted by atomic mass is 19.4. The van der Waals surface area contributed by atoms with E-state index in [0.717, 1.165) is 5.56 Å². The molecule has 192 valence electrons. The van der Waals surface area contributed by atoms with E-state index in [2.05, 4.69) is 10.6 Å². The van der Waals surface area contributed by atoms with Gasteiger partial charge in [-0.1, -0.05) is 30.3 Å². The lowest BCUT2D eigenvalue weighted by molar-refractivity contribution is -0.192. The van der Waals surface area contributed by atoms with E-state index < -0.39 is 24.3 Å². The van der Waals surface area contributed by atoms with E-state index in [9.17, 15) is 27.6 Å². The van der Waals surface area contributed by atoms with Crippen LogP contribution in [0.3, 0.4) is 0 Å². The summed E-state index contributed by atoms with van der Waals surface area (Å²) in [6.45, 7) is 0. The van der Waals surface area contributed by atoms with Crippen LogP contribution in [-0.4, -0.2) is 46.9 Å². The van der Waals surface area contributed by atoms with E-state index in [1.54, 1.807) is 24.3 Å². The van der Waals surface area contributed by atoms with Crippen molar-refractivity contribution in [1.29, 1.82) is 5.41 Å². The number of alkyl halides is 3. The van der Waals surface area contributed by atoms with Gasteiger partial charge in [0.1, 0.15) is 11.9 Å². The third-order valence-corrected chi connectivity index (χ3v) is 4.79. The number of esters is 1. The maximum absolute atomic E-state index is 12.3.